The van der Waals surface area contributed by atoms with Crippen molar-refractivity contribution >= 4 is 38.5 Å². The van der Waals surface area contributed by atoms with Crippen LogP contribution in [0.4, 0.5) is 13.2 Å². The van der Waals surface area contributed by atoms with Crippen LogP contribution in [-0.4, -0.2) is 29.6 Å². The lowest BCUT2D eigenvalue weighted by Gasteiger charge is -2.18. The summed E-state index contributed by atoms with van der Waals surface area (Å²) in [4.78, 5) is 24.8. The molecule has 158 valence electrons. The Kier molecular flexibility index (Phi) is 5.52. The maximum Gasteiger partial charge on any atom is 0.534 e. The lowest BCUT2D eigenvalue weighted by Crippen LogP contribution is -2.32. The zero-order valence-electron chi connectivity index (χ0n) is 14.7. The summed E-state index contributed by atoms with van der Waals surface area (Å²) in [6.45, 7) is -0.359. The summed E-state index contributed by atoms with van der Waals surface area (Å²) in [5.41, 5.74) is -7.32. The summed E-state index contributed by atoms with van der Waals surface area (Å²) in [7, 11) is -6.24. The second-order valence-corrected chi connectivity index (χ2v) is 8.01. The molecule has 0 atom stereocenters. The van der Waals surface area contributed by atoms with Gasteiger partial charge in [0.2, 0.25) is 0 Å². The molecule has 0 aliphatic rings. The number of alkyl halides is 3. The van der Waals surface area contributed by atoms with E-state index in [2.05, 4.69) is 4.18 Å². The minimum atomic E-state index is -6.24. The fourth-order valence-corrected chi connectivity index (χ4v) is 3.41. The third kappa shape index (κ3) is 3.98. The highest BCUT2D eigenvalue weighted by Crippen LogP contribution is 2.35. The van der Waals surface area contributed by atoms with Gasteiger partial charge < -0.3 is 9.29 Å². The van der Waals surface area contributed by atoms with Crippen LogP contribution in [0.3, 0.4) is 0 Å². The van der Waals surface area contributed by atoms with E-state index in [0.717, 1.165) is 12.1 Å². The van der Waals surface area contributed by atoms with Gasteiger partial charge in [-0.25, -0.2) is 4.79 Å². The molecule has 0 bridgehead atoms. The van der Waals surface area contributed by atoms with E-state index in [-0.39, 0.29) is 17.0 Å². The molecule has 0 aliphatic heterocycles. The molecule has 30 heavy (non-hydrogen) atoms. The summed E-state index contributed by atoms with van der Waals surface area (Å²) in [6, 6.07) is 11.3. The molecule has 2 aromatic carbocycles. The molecule has 0 spiro atoms. The fourth-order valence-electron chi connectivity index (χ4n) is 2.76. The molecule has 3 rings (SSSR count). The van der Waals surface area contributed by atoms with Crippen molar-refractivity contribution < 1.29 is 35.7 Å². The first-order chi connectivity index (χ1) is 13.9. The van der Waals surface area contributed by atoms with Crippen LogP contribution in [-0.2, 0) is 16.7 Å². The lowest BCUT2D eigenvalue weighted by atomic mass is 10.1. The van der Waals surface area contributed by atoms with Crippen LogP contribution in [0.25, 0.3) is 10.8 Å². The van der Waals surface area contributed by atoms with E-state index in [1.54, 1.807) is 30.3 Å². The van der Waals surface area contributed by atoms with Crippen LogP contribution in [0, 0.1) is 0 Å². The molecule has 0 saturated carbocycles. The molecule has 0 radical (unpaired) electrons. The van der Waals surface area contributed by atoms with E-state index in [9.17, 15) is 36.3 Å². The number of pyridine rings is 1. The highest BCUT2D eigenvalue weighted by atomic mass is 35.5. The minimum Gasteiger partial charge on any atom is -0.476 e. The Morgan fingerprint density at radius 2 is 1.73 bits per heavy atom. The normalized spacial score (nSPS) is 12.1. The van der Waals surface area contributed by atoms with Gasteiger partial charge in [-0.1, -0.05) is 41.9 Å². The van der Waals surface area contributed by atoms with Crippen LogP contribution in [0.15, 0.2) is 53.3 Å². The Bertz CT molecular complexity index is 1300. The zero-order valence-corrected chi connectivity index (χ0v) is 16.3. The van der Waals surface area contributed by atoms with Gasteiger partial charge in [0.05, 0.1) is 11.9 Å². The monoisotopic (exact) mass is 461 g/mol. The second kappa shape index (κ2) is 7.65. The predicted octanol–water partition coefficient (Wildman–Crippen LogP) is 3.63. The number of hydrogen-bond acceptors (Lipinski definition) is 5. The molecule has 0 unspecified atom stereocenters. The van der Waals surface area contributed by atoms with Gasteiger partial charge in [0.25, 0.3) is 5.56 Å². The van der Waals surface area contributed by atoms with Gasteiger partial charge in [0.1, 0.15) is 0 Å². The molecule has 3 aromatic rings. The number of carboxylic acid groups (broad SMARTS) is 1. The van der Waals surface area contributed by atoms with Crippen LogP contribution in [0.2, 0.25) is 5.02 Å². The highest BCUT2D eigenvalue weighted by Gasteiger charge is 2.49. The number of nitrogens with zero attached hydrogens (tertiary/aromatic N) is 1. The molecule has 0 fully saturated rings. The molecule has 1 N–H and O–H groups in total. The number of halogens is 4. The van der Waals surface area contributed by atoms with Crippen molar-refractivity contribution in [3.05, 3.63) is 75.2 Å². The van der Waals surface area contributed by atoms with Crippen molar-refractivity contribution in [1.29, 1.82) is 0 Å². The van der Waals surface area contributed by atoms with Gasteiger partial charge >= 0.3 is 21.6 Å². The number of carbonyl (C=O) groups is 1. The van der Waals surface area contributed by atoms with Gasteiger partial charge in [-0.15, -0.1) is 0 Å². The average Bonchev–Trinajstić information content (AvgIpc) is 2.65. The average molecular weight is 462 g/mol. The largest absolute Gasteiger partial charge is 0.534 e. The molecular weight excluding hydrogens is 451 g/mol. The Labute approximate surface area is 172 Å². The Hall–Kier alpha value is -3.05. The number of fused-ring (bicyclic) bond motifs is 1. The van der Waals surface area contributed by atoms with Crippen LogP contribution < -0.4 is 9.74 Å². The van der Waals surface area contributed by atoms with E-state index in [1.165, 1.54) is 6.07 Å². The minimum absolute atomic E-state index is 0.0756. The van der Waals surface area contributed by atoms with Crippen LogP contribution >= 0.6 is 11.6 Å². The van der Waals surface area contributed by atoms with E-state index < -0.39 is 44.0 Å². The summed E-state index contributed by atoms with van der Waals surface area (Å²) >= 11 is 5.82. The van der Waals surface area contributed by atoms with Gasteiger partial charge in [0.15, 0.2) is 11.4 Å². The molecule has 0 saturated heterocycles. The number of hydrogen-bond donors (Lipinski definition) is 1. The van der Waals surface area contributed by atoms with Gasteiger partial charge in [0, 0.05) is 10.4 Å². The quantitative estimate of drug-likeness (QED) is 0.460. The van der Waals surface area contributed by atoms with Crippen molar-refractivity contribution in [3.8, 4) is 5.75 Å². The second-order valence-electron chi connectivity index (χ2n) is 6.03. The van der Waals surface area contributed by atoms with Crippen LogP contribution in [0.1, 0.15) is 16.1 Å². The predicted molar refractivity (Wildman–Crippen MR) is 101 cm³/mol. The topological polar surface area (TPSA) is 103 Å². The molecule has 0 amide bonds. The summed E-state index contributed by atoms with van der Waals surface area (Å²) < 4.78 is 66.8. The maximum absolute atomic E-state index is 12.9. The fraction of sp³-hybridized carbons (Fsp3) is 0.111. The Balaban J connectivity index is 2.41. The third-order valence-electron chi connectivity index (χ3n) is 4.05. The Morgan fingerprint density at radius 3 is 2.30 bits per heavy atom. The van der Waals surface area contributed by atoms with Gasteiger partial charge in [-0.3, -0.25) is 9.36 Å². The number of aromatic carboxylic acids is 1. The lowest BCUT2D eigenvalue weighted by molar-refractivity contribution is -0.0500. The van der Waals surface area contributed by atoms with E-state index in [1.807, 2.05) is 0 Å². The number of rotatable bonds is 5. The number of aromatic nitrogens is 1. The van der Waals surface area contributed by atoms with Crippen molar-refractivity contribution in [3.63, 3.8) is 0 Å². The van der Waals surface area contributed by atoms with Gasteiger partial charge in [-0.2, -0.15) is 21.6 Å². The number of carboxylic acids is 1. The molecule has 1 aromatic heterocycles. The number of benzene rings is 2. The van der Waals surface area contributed by atoms with E-state index in [0.29, 0.717) is 10.1 Å². The van der Waals surface area contributed by atoms with E-state index in [4.69, 9.17) is 11.6 Å². The zero-order chi connectivity index (χ0) is 22.3. The molecule has 12 heteroatoms. The first kappa shape index (κ1) is 21.7. The SMILES string of the molecule is O=C(O)c1c(OS(=O)(=O)C(F)(F)F)c2cc(Cl)ccc2c(=O)n1Cc1ccccc1. The maximum atomic E-state index is 12.9. The highest BCUT2D eigenvalue weighted by molar-refractivity contribution is 7.88. The van der Waals surface area contributed by atoms with Crippen molar-refractivity contribution in [2.75, 3.05) is 0 Å². The summed E-state index contributed by atoms with van der Waals surface area (Å²) in [5.74, 6) is -3.02. The summed E-state index contributed by atoms with van der Waals surface area (Å²) in [5, 5.41) is 8.80. The van der Waals surface area contributed by atoms with Crippen molar-refractivity contribution in [1.82, 2.24) is 4.57 Å². The molecule has 0 aliphatic carbocycles. The van der Waals surface area contributed by atoms with Crippen molar-refractivity contribution in [2.45, 2.75) is 12.1 Å². The first-order valence-electron chi connectivity index (χ1n) is 8.06. The standard InChI is InChI=1S/C18H11ClF3NO6S/c19-11-6-7-12-13(8-11)15(29-30(27,28)18(20,21)22)14(17(25)26)23(16(12)24)9-10-4-2-1-3-5-10/h1-8H,9H2,(H,25,26). The van der Waals surface area contributed by atoms with Crippen LogP contribution in [0.5, 0.6) is 5.75 Å². The molecular formula is C18H11ClF3NO6S. The molecule has 1 heterocycles. The summed E-state index contributed by atoms with van der Waals surface area (Å²) in [6.07, 6.45) is 0. The first-order valence-corrected chi connectivity index (χ1v) is 9.85. The third-order valence-corrected chi connectivity index (χ3v) is 5.24. The van der Waals surface area contributed by atoms with E-state index >= 15 is 0 Å². The smallest absolute Gasteiger partial charge is 0.476 e. The molecule has 7 nitrogen and oxygen atoms in total. The van der Waals surface area contributed by atoms with Crippen molar-refractivity contribution in [2.24, 2.45) is 0 Å². The van der Waals surface area contributed by atoms with Gasteiger partial charge in [-0.05, 0) is 23.8 Å². The Morgan fingerprint density at radius 1 is 1.10 bits per heavy atom.